The molecule has 1 amide bonds. The van der Waals surface area contributed by atoms with E-state index in [1.54, 1.807) is 0 Å². The molecule has 2 atom stereocenters. The van der Waals surface area contributed by atoms with Crippen LogP contribution in [0, 0.1) is 23.2 Å². The third-order valence-corrected chi connectivity index (χ3v) is 3.53. The monoisotopic (exact) mass is 212 g/mol. The van der Waals surface area contributed by atoms with Crippen molar-refractivity contribution < 1.29 is 4.79 Å². The molecule has 1 N–H and O–H groups in total. The molecule has 0 aromatic carbocycles. The average Bonchev–Trinajstić information content (AvgIpc) is 2.57. The zero-order valence-electron chi connectivity index (χ0n) is 8.62. The number of amides is 1. The Hall–Kier alpha value is -0.690. The third-order valence-electron chi connectivity index (χ3n) is 2.36. The highest BCUT2D eigenvalue weighted by Crippen LogP contribution is 2.18. The van der Waals surface area contributed by atoms with Crippen LogP contribution in [0.2, 0.25) is 0 Å². The quantitative estimate of drug-likeness (QED) is 0.769. The first-order chi connectivity index (χ1) is 6.65. The fourth-order valence-corrected chi connectivity index (χ4v) is 2.60. The van der Waals surface area contributed by atoms with Gasteiger partial charge in [-0.05, 0) is 18.1 Å². The molecule has 0 spiro atoms. The number of hydrogen-bond acceptors (Lipinski definition) is 3. The average molecular weight is 212 g/mol. The summed E-state index contributed by atoms with van der Waals surface area (Å²) in [6.07, 6.45) is 1.03. The van der Waals surface area contributed by atoms with E-state index in [-0.39, 0.29) is 17.9 Å². The summed E-state index contributed by atoms with van der Waals surface area (Å²) in [7, 11) is 0. The maximum absolute atomic E-state index is 11.6. The second-order valence-electron chi connectivity index (χ2n) is 3.92. The maximum Gasteiger partial charge on any atom is 0.237 e. The van der Waals surface area contributed by atoms with Gasteiger partial charge in [0.1, 0.15) is 5.92 Å². The zero-order chi connectivity index (χ0) is 10.6. The van der Waals surface area contributed by atoms with E-state index in [9.17, 15) is 4.79 Å². The van der Waals surface area contributed by atoms with Crippen molar-refractivity contribution >= 4 is 17.7 Å². The molecule has 4 heteroatoms. The van der Waals surface area contributed by atoms with Crippen LogP contribution in [0.25, 0.3) is 0 Å². The van der Waals surface area contributed by atoms with Crippen LogP contribution in [0.5, 0.6) is 0 Å². The Balaban J connectivity index is 2.43. The van der Waals surface area contributed by atoms with E-state index >= 15 is 0 Å². The van der Waals surface area contributed by atoms with Gasteiger partial charge in [0.05, 0.1) is 6.07 Å². The van der Waals surface area contributed by atoms with Crippen molar-refractivity contribution in [1.82, 2.24) is 5.32 Å². The van der Waals surface area contributed by atoms with Crippen LogP contribution in [0.15, 0.2) is 0 Å². The number of rotatable bonds is 3. The van der Waals surface area contributed by atoms with Crippen molar-refractivity contribution in [2.75, 3.05) is 11.5 Å². The highest BCUT2D eigenvalue weighted by Gasteiger charge is 2.25. The smallest absolute Gasteiger partial charge is 0.237 e. The summed E-state index contributed by atoms with van der Waals surface area (Å²) >= 11 is 1.85. The van der Waals surface area contributed by atoms with Gasteiger partial charge in [-0.1, -0.05) is 13.8 Å². The lowest BCUT2D eigenvalue weighted by atomic mass is 9.96. The molecule has 1 saturated heterocycles. The third kappa shape index (κ3) is 2.91. The summed E-state index contributed by atoms with van der Waals surface area (Å²) in [6.45, 7) is 3.80. The van der Waals surface area contributed by atoms with Crippen molar-refractivity contribution in [3.05, 3.63) is 0 Å². The Kier molecular flexibility index (Phi) is 4.27. The Morgan fingerprint density at radius 3 is 2.79 bits per heavy atom. The van der Waals surface area contributed by atoms with Crippen LogP contribution in [0.1, 0.15) is 20.3 Å². The lowest BCUT2D eigenvalue weighted by Gasteiger charge is -2.16. The van der Waals surface area contributed by atoms with E-state index in [0.29, 0.717) is 0 Å². The molecule has 14 heavy (non-hydrogen) atoms. The summed E-state index contributed by atoms with van der Waals surface area (Å²) in [5.74, 6) is 1.59. The summed E-state index contributed by atoms with van der Waals surface area (Å²) in [6, 6.07) is 2.34. The number of nitriles is 1. The van der Waals surface area contributed by atoms with Crippen LogP contribution >= 0.6 is 11.8 Å². The molecule has 1 heterocycles. The first kappa shape index (κ1) is 11.4. The second-order valence-corrected chi connectivity index (χ2v) is 5.07. The van der Waals surface area contributed by atoms with Crippen molar-refractivity contribution in [2.45, 2.75) is 26.3 Å². The Morgan fingerprint density at radius 1 is 1.64 bits per heavy atom. The van der Waals surface area contributed by atoms with Gasteiger partial charge in [-0.3, -0.25) is 4.79 Å². The largest absolute Gasteiger partial charge is 0.351 e. The number of carbonyl (C=O) groups is 1. The van der Waals surface area contributed by atoms with E-state index in [1.165, 1.54) is 0 Å². The van der Waals surface area contributed by atoms with Crippen molar-refractivity contribution in [3.8, 4) is 6.07 Å². The predicted molar refractivity (Wildman–Crippen MR) is 57.8 cm³/mol. The highest BCUT2D eigenvalue weighted by atomic mass is 32.2. The molecule has 1 rings (SSSR count). The highest BCUT2D eigenvalue weighted by molar-refractivity contribution is 7.99. The molecule has 0 saturated carbocycles. The fraction of sp³-hybridized carbons (Fsp3) is 0.800. The van der Waals surface area contributed by atoms with Crippen LogP contribution in [-0.2, 0) is 4.79 Å². The molecule has 0 aromatic heterocycles. The lowest BCUT2D eigenvalue weighted by molar-refractivity contribution is -0.124. The van der Waals surface area contributed by atoms with E-state index in [2.05, 4.69) is 11.4 Å². The van der Waals surface area contributed by atoms with Crippen LogP contribution in [-0.4, -0.2) is 23.5 Å². The Labute approximate surface area is 89.2 Å². The van der Waals surface area contributed by atoms with Gasteiger partial charge in [0.2, 0.25) is 5.91 Å². The van der Waals surface area contributed by atoms with E-state index < -0.39 is 5.92 Å². The molecular formula is C10H16N2OS. The van der Waals surface area contributed by atoms with Crippen molar-refractivity contribution in [3.63, 3.8) is 0 Å². The minimum absolute atomic E-state index is 0.0917. The van der Waals surface area contributed by atoms with E-state index in [4.69, 9.17) is 5.26 Å². The van der Waals surface area contributed by atoms with Gasteiger partial charge in [-0.2, -0.15) is 17.0 Å². The molecule has 0 radical (unpaired) electrons. The first-order valence-corrected chi connectivity index (χ1v) is 6.08. The van der Waals surface area contributed by atoms with Gasteiger partial charge in [-0.25, -0.2) is 0 Å². The lowest BCUT2D eigenvalue weighted by Crippen LogP contribution is -2.40. The topological polar surface area (TPSA) is 52.9 Å². The standard InChI is InChI=1S/C10H16N2OS/c1-7(2)9(5-11)10(13)12-8-3-4-14-6-8/h7-9H,3-4,6H2,1-2H3,(H,12,13). The Morgan fingerprint density at radius 2 is 2.36 bits per heavy atom. The molecule has 2 unspecified atom stereocenters. The van der Waals surface area contributed by atoms with Crippen molar-refractivity contribution in [2.24, 2.45) is 11.8 Å². The number of thioether (sulfide) groups is 1. The maximum atomic E-state index is 11.6. The molecule has 1 aliphatic heterocycles. The molecule has 0 bridgehead atoms. The van der Waals surface area contributed by atoms with E-state index in [1.807, 2.05) is 25.6 Å². The number of carbonyl (C=O) groups excluding carboxylic acids is 1. The molecule has 0 aliphatic carbocycles. The number of nitrogens with zero attached hydrogens (tertiary/aromatic N) is 1. The van der Waals surface area contributed by atoms with Crippen LogP contribution < -0.4 is 5.32 Å². The van der Waals surface area contributed by atoms with Gasteiger partial charge < -0.3 is 5.32 Å². The molecule has 78 valence electrons. The normalized spacial score (nSPS) is 23.1. The van der Waals surface area contributed by atoms with Gasteiger partial charge in [0.25, 0.3) is 0 Å². The second kappa shape index (κ2) is 5.26. The van der Waals surface area contributed by atoms with Crippen LogP contribution in [0.4, 0.5) is 0 Å². The summed E-state index contributed by atoms with van der Waals surface area (Å²) in [4.78, 5) is 11.6. The van der Waals surface area contributed by atoms with Crippen molar-refractivity contribution in [1.29, 1.82) is 5.26 Å². The fourth-order valence-electron chi connectivity index (χ4n) is 1.45. The number of nitrogens with one attached hydrogen (secondary N) is 1. The minimum atomic E-state index is -0.499. The van der Waals surface area contributed by atoms with Gasteiger partial charge in [0.15, 0.2) is 0 Å². The van der Waals surface area contributed by atoms with Gasteiger partial charge >= 0.3 is 0 Å². The van der Waals surface area contributed by atoms with Crippen LogP contribution in [0.3, 0.4) is 0 Å². The Bertz CT molecular complexity index is 241. The minimum Gasteiger partial charge on any atom is -0.351 e. The molecular weight excluding hydrogens is 196 g/mol. The summed E-state index contributed by atoms with van der Waals surface area (Å²) in [5.41, 5.74) is 0. The predicted octanol–water partition coefficient (Wildman–Crippen LogP) is 1.40. The molecule has 0 aromatic rings. The SMILES string of the molecule is CC(C)C(C#N)C(=O)NC1CCSC1. The molecule has 1 aliphatic rings. The van der Waals surface area contributed by atoms with Gasteiger partial charge in [0, 0.05) is 11.8 Å². The van der Waals surface area contributed by atoms with E-state index in [0.717, 1.165) is 17.9 Å². The van der Waals surface area contributed by atoms with Gasteiger partial charge in [-0.15, -0.1) is 0 Å². The summed E-state index contributed by atoms with van der Waals surface area (Å²) in [5, 5.41) is 11.8. The summed E-state index contributed by atoms with van der Waals surface area (Å²) < 4.78 is 0. The first-order valence-electron chi connectivity index (χ1n) is 4.93. The molecule has 3 nitrogen and oxygen atoms in total. The number of hydrogen-bond donors (Lipinski definition) is 1. The molecule has 1 fully saturated rings. The zero-order valence-corrected chi connectivity index (χ0v) is 9.43.